The Hall–Kier alpha value is -2.77. The number of nitrogens with one attached hydrogen (secondary N) is 2. The second-order valence-corrected chi connectivity index (χ2v) is 8.69. The summed E-state index contributed by atoms with van der Waals surface area (Å²) in [5, 5.41) is 4.14. The van der Waals surface area contributed by atoms with Gasteiger partial charge in [-0.25, -0.2) is 4.98 Å². The first kappa shape index (κ1) is 19.5. The lowest BCUT2D eigenvalue weighted by molar-refractivity contribution is -0.920. The lowest BCUT2D eigenvalue weighted by Gasteiger charge is -2.32. The van der Waals surface area contributed by atoms with Crippen LogP contribution in [-0.2, 0) is 4.79 Å². The maximum atomic E-state index is 12.8. The van der Waals surface area contributed by atoms with Gasteiger partial charge in [0.15, 0.2) is 6.04 Å². The molecule has 0 spiro atoms. The highest BCUT2D eigenvalue weighted by Gasteiger charge is 2.33. The van der Waals surface area contributed by atoms with E-state index in [9.17, 15) is 9.59 Å². The number of hydrogen-bond acceptors (Lipinski definition) is 4. The molecule has 0 radical (unpaired) electrons. The number of likely N-dealkylation sites (tertiary alicyclic amines) is 1. The Balaban J connectivity index is 1.41. The average Bonchev–Trinajstić information content (AvgIpc) is 3.18. The third-order valence-corrected chi connectivity index (χ3v) is 6.86. The van der Waals surface area contributed by atoms with Crippen molar-refractivity contribution in [3.8, 4) is 0 Å². The number of anilines is 1. The lowest BCUT2D eigenvalue weighted by atomic mass is 9.97. The van der Waals surface area contributed by atoms with Gasteiger partial charge in [-0.3, -0.25) is 9.59 Å². The van der Waals surface area contributed by atoms with Crippen LogP contribution in [0.4, 0.5) is 5.69 Å². The predicted octanol–water partition coefficient (Wildman–Crippen LogP) is 2.18. The van der Waals surface area contributed by atoms with Gasteiger partial charge >= 0.3 is 0 Å². The van der Waals surface area contributed by atoms with E-state index in [2.05, 4.69) is 17.4 Å². The quantitative estimate of drug-likeness (QED) is 0.603. The number of piperidine rings is 1. The number of rotatable bonds is 5. The van der Waals surface area contributed by atoms with Crippen molar-refractivity contribution in [2.24, 2.45) is 5.73 Å². The SMILES string of the molecule is C[C@H](C(=O)Nc1ccc(C(N)=O)cc1)[NH+]1CCC[C@H](c2nc3ccccc3s2)C1. The summed E-state index contributed by atoms with van der Waals surface area (Å²) >= 11 is 1.77. The Morgan fingerprint density at radius 3 is 2.69 bits per heavy atom. The number of thiazole rings is 1. The van der Waals surface area contributed by atoms with Crippen LogP contribution in [0.5, 0.6) is 0 Å². The molecule has 0 saturated carbocycles. The monoisotopic (exact) mass is 409 g/mol. The second-order valence-electron chi connectivity index (χ2n) is 7.62. The first-order valence-electron chi connectivity index (χ1n) is 9.92. The molecule has 2 amide bonds. The van der Waals surface area contributed by atoms with E-state index in [-0.39, 0.29) is 11.9 Å². The molecule has 4 N–H and O–H groups in total. The van der Waals surface area contributed by atoms with Gasteiger partial charge in [-0.2, -0.15) is 0 Å². The average molecular weight is 410 g/mol. The highest BCUT2D eigenvalue weighted by atomic mass is 32.1. The highest BCUT2D eigenvalue weighted by Crippen LogP contribution is 2.30. The van der Waals surface area contributed by atoms with Crippen molar-refractivity contribution < 1.29 is 14.5 Å². The Labute approximate surface area is 173 Å². The molecule has 1 fully saturated rings. The number of primary amides is 1. The van der Waals surface area contributed by atoms with E-state index >= 15 is 0 Å². The maximum Gasteiger partial charge on any atom is 0.282 e. The fourth-order valence-electron chi connectivity index (χ4n) is 3.92. The summed E-state index contributed by atoms with van der Waals surface area (Å²) in [6.07, 6.45) is 2.20. The van der Waals surface area contributed by atoms with Gasteiger partial charge in [0.25, 0.3) is 5.91 Å². The molecule has 1 unspecified atom stereocenters. The molecule has 3 atom stereocenters. The molecule has 4 rings (SSSR count). The van der Waals surface area contributed by atoms with Gasteiger partial charge in [0.2, 0.25) is 5.91 Å². The number of carbonyl (C=O) groups excluding carboxylic acids is 2. The molecule has 2 heterocycles. The molecule has 1 aliphatic rings. The molecule has 2 aromatic carbocycles. The van der Waals surface area contributed by atoms with Crippen LogP contribution in [0.2, 0.25) is 0 Å². The van der Waals surface area contributed by atoms with E-state index in [1.54, 1.807) is 35.6 Å². The van der Waals surface area contributed by atoms with Crippen LogP contribution in [0.25, 0.3) is 10.2 Å². The fourth-order valence-corrected chi connectivity index (χ4v) is 5.02. The minimum Gasteiger partial charge on any atom is -0.366 e. The smallest absolute Gasteiger partial charge is 0.282 e. The molecule has 3 aromatic rings. The molecule has 1 aromatic heterocycles. The summed E-state index contributed by atoms with van der Waals surface area (Å²) in [7, 11) is 0. The van der Waals surface area contributed by atoms with Crippen LogP contribution >= 0.6 is 11.3 Å². The Morgan fingerprint density at radius 2 is 1.97 bits per heavy atom. The van der Waals surface area contributed by atoms with E-state index in [1.807, 2.05) is 19.1 Å². The van der Waals surface area contributed by atoms with Crippen LogP contribution in [0.3, 0.4) is 0 Å². The molecule has 1 aliphatic heterocycles. The van der Waals surface area contributed by atoms with Crippen LogP contribution in [0, 0.1) is 0 Å². The van der Waals surface area contributed by atoms with Gasteiger partial charge in [-0.1, -0.05) is 12.1 Å². The largest absolute Gasteiger partial charge is 0.366 e. The highest BCUT2D eigenvalue weighted by molar-refractivity contribution is 7.18. The number of amides is 2. The number of quaternary nitrogens is 1. The maximum absolute atomic E-state index is 12.8. The number of benzene rings is 2. The number of fused-ring (bicyclic) bond motifs is 1. The summed E-state index contributed by atoms with van der Waals surface area (Å²) in [5.74, 6) is -0.104. The molecule has 6 nitrogen and oxygen atoms in total. The van der Waals surface area contributed by atoms with Crippen molar-refractivity contribution in [2.75, 3.05) is 18.4 Å². The number of aromatic nitrogens is 1. The third kappa shape index (κ3) is 4.31. The number of carbonyl (C=O) groups is 2. The van der Waals surface area contributed by atoms with Crippen molar-refractivity contribution in [1.82, 2.24) is 4.98 Å². The molecule has 1 saturated heterocycles. The number of nitrogens with zero attached hydrogens (tertiary/aromatic N) is 1. The summed E-state index contributed by atoms with van der Waals surface area (Å²) in [5.41, 5.74) is 7.42. The Kier molecular flexibility index (Phi) is 5.60. The van der Waals surface area contributed by atoms with E-state index in [1.165, 1.54) is 14.6 Å². The minimum absolute atomic E-state index is 0.0169. The standard InChI is InChI=1S/C22H24N4O2S/c1-14(21(28)24-17-10-8-15(9-11-17)20(23)27)26-12-4-5-16(13-26)22-25-18-6-2-3-7-19(18)29-22/h2-3,6-11,14,16H,4-5,12-13H2,1H3,(H2,23,27)(H,24,28)/p+1/t14-,16+/m1/s1. The Morgan fingerprint density at radius 1 is 1.21 bits per heavy atom. The molecule has 7 heteroatoms. The normalized spacial score (nSPS) is 20.3. The summed E-state index contributed by atoms with van der Waals surface area (Å²) < 4.78 is 1.22. The van der Waals surface area contributed by atoms with Gasteiger partial charge < -0.3 is 16.0 Å². The second kappa shape index (κ2) is 8.31. The minimum atomic E-state index is -0.477. The van der Waals surface area contributed by atoms with Crippen LogP contribution in [0.1, 0.15) is 41.0 Å². The first-order chi connectivity index (χ1) is 14.0. The van der Waals surface area contributed by atoms with Crippen molar-refractivity contribution in [2.45, 2.75) is 31.7 Å². The van der Waals surface area contributed by atoms with Crippen molar-refractivity contribution >= 4 is 39.1 Å². The van der Waals surface area contributed by atoms with Gasteiger partial charge in [-0.05, 0) is 56.2 Å². The van der Waals surface area contributed by atoms with E-state index < -0.39 is 5.91 Å². The van der Waals surface area contributed by atoms with Crippen LogP contribution in [0.15, 0.2) is 48.5 Å². The molecular formula is C22H25N4O2S+. The lowest BCUT2D eigenvalue weighted by Crippen LogP contribution is -3.17. The third-order valence-electron chi connectivity index (χ3n) is 5.66. The number of hydrogen-bond donors (Lipinski definition) is 3. The zero-order chi connectivity index (χ0) is 20.4. The van der Waals surface area contributed by atoms with Gasteiger partial charge in [0, 0.05) is 11.3 Å². The molecule has 0 bridgehead atoms. The predicted molar refractivity (Wildman–Crippen MR) is 115 cm³/mol. The van der Waals surface area contributed by atoms with Gasteiger partial charge in [0.1, 0.15) is 5.01 Å². The van der Waals surface area contributed by atoms with Gasteiger partial charge in [0.05, 0.1) is 29.2 Å². The van der Waals surface area contributed by atoms with E-state index in [4.69, 9.17) is 10.7 Å². The van der Waals surface area contributed by atoms with Crippen LogP contribution in [-0.4, -0.2) is 35.9 Å². The summed E-state index contributed by atoms with van der Waals surface area (Å²) in [4.78, 5) is 30.1. The molecule has 150 valence electrons. The van der Waals surface area contributed by atoms with Gasteiger partial charge in [-0.15, -0.1) is 11.3 Å². The number of nitrogens with two attached hydrogens (primary N) is 1. The first-order valence-corrected chi connectivity index (χ1v) is 10.7. The fraction of sp³-hybridized carbons (Fsp3) is 0.318. The zero-order valence-corrected chi connectivity index (χ0v) is 17.2. The van der Waals surface area contributed by atoms with Crippen LogP contribution < -0.4 is 16.0 Å². The zero-order valence-electron chi connectivity index (χ0n) is 16.4. The molecular weight excluding hydrogens is 384 g/mol. The number of para-hydroxylation sites is 1. The van der Waals surface area contributed by atoms with E-state index in [0.717, 1.165) is 31.4 Å². The van der Waals surface area contributed by atoms with Crippen molar-refractivity contribution in [3.05, 3.63) is 59.1 Å². The van der Waals surface area contributed by atoms with Crippen molar-refractivity contribution in [3.63, 3.8) is 0 Å². The molecule has 29 heavy (non-hydrogen) atoms. The topological polar surface area (TPSA) is 89.5 Å². The Bertz CT molecular complexity index is 998. The molecule has 0 aliphatic carbocycles. The van der Waals surface area contributed by atoms with Crippen molar-refractivity contribution in [1.29, 1.82) is 0 Å². The summed E-state index contributed by atoms with van der Waals surface area (Å²) in [6, 6.07) is 14.7. The summed E-state index contributed by atoms with van der Waals surface area (Å²) in [6.45, 7) is 3.87. The van der Waals surface area contributed by atoms with E-state index in [0.29, 0.717) is 17.2 Å².